The molecule has 16 heavy (non-hydrogen) atoms. The average molecular weight is 256 g/mol. The number of carbonyl (C=O) groups excluding carboxylic acids is 1. The number of halogens is 3. The first-order valence-electron chi connectivity index (χ1n) is 4.68. The van der Waals surface area contributed by atoms with Gasteiger partial charge >= 0.3 is 6.18 Å². The molecule has 0 heterocycles. The van der Waals surface area contributed by atoms with Crippen LogP contribution in [-0.2, 0) is 4.79 Å². The molecule has 3 nitrogen and oxygen atoms in total. The fourth-order valence-electron chi connectivity index (χ4n) is 1.04. The van der Waals surface area contributed by atoms with Crippen molar-refractivity contribution in [2.45, 2.75) is 26.9 Å². The first-order chi connectivity index (χ1) is 7.02. The van der Waals surface area contributed by atoms with Gasteiger partial charge in [-0.1, -0.05) is 12.2 Å². The Morgan fingerprint density at radius 2 is 1.81 bits per heavy atom. The van der Waals surface area contributed by atoms with Gasteiger partial charge in [0.05, 0.1) is 10.4 Å². The first-order valence-corrected chi connectivity index (χ1v) is 5.09. The van der Waals surface area contributed by atoms with E-state index in [9.17, 15) is 18.0 Å². The van der Waals surface area contributed by atoms with E-state index in [2.05, 4.69) is 12.2 Å². The summed E-state index contributed by atoms with van der Waals surface area (Å²) in [4.78, 5) is 12.4. The second kappa shape index (κ2) is 4.99. The van der Waals surface area contributed by atoms with Crippen LogP contribution < -0.4 is 5.73 Å². The second-order valence-corrected chi connectivity index (χ2v) is 4.36. The molecule has 0 bridgehead atoms. The quantitative estimate of drug-likeness (QED) is 0.779. The Morgan fingerprint density at radius 3 is 2.06 bits per heavy atom. The second-order valence-electron chi connectivity index (χ2n) is 3.92. The zero-order valence-corrected chi connectivity index (χ0v) is 10.2. The molecule has 0 saturated carbocycles. The van der Waals surface area contributed by atoms with E-state index in [1.807, 2.05) is 0 Å². The minimum absolute atomic E-state index is 0.0373. The Balaban J connectivity index is 4.86. The Kier molecular flexibility index (Phi) is 4.72. The molecule has 0 radical (unpaired) electrons. The van der Waals surface area contributed by atoms with E-state index in [0.717, 1.165) is 0 Å². The molecule has 0 aliphatic heterocycles. The van der Waals surface area contributed by atoms with Crippen LogP contribution in [0.2, 0.25) is 0 Å². The molecule has 2 N–H and O–H groups in total. The molecule has 0 aromatic carbocycles. The van der Waals surface area contributed by atoms with Gasteiger partial charge in [-0.2, -0.15) is 13.2 Å². The Labute approximate surface area is 97.8 Å². The van der Waals surface area contributed by atoms with Gasteiger partial charge in [-0.25, -0.2) is 0 Å². The highest BCUT2D eigenvalue weighted by Crippen LogP contribution is 2.23. The molecule has 0 aliphatic rings. The maximum atomic E-state index is 12.2. The van der Waals surface area contributed by atoms with Crippen molar-refractivity contribution in [2.75, 3.05) is 13.1 Å². The normalized spacial score (nSPS) is 12.4. The summed E-state index contributed by atoms with van der Waals surface area (Å²) < 4.78 is 36.6. The van der Waals surface area contributed by atoms with Crippen LogP contribution in [-0.4, -0.2) is 35.1 Å². The summed E-state index contributed by atoms with van der Waals surface area (Å²) in [5.41, 5.74) is 4.08. The Bertz CT molecular complexity index is 289. The zero-order chi connectivity index (χ0) is 13.1. The maximum absolute atomic E-state index is 12.2. The number of hydrogen-bond acceptors (Lipinski definition) is 2. The van der Waals surface area contributed by atoms with E-state index in [1.54, 1.807) is 0 Å². The fourth-order valence-corrected chi connectivity index (χ4v) is 1.13. The summed E-state index contributed by atoms with van der Waals surface area (Å²) in [7, 11) is 0. The number of nitrogens with two attached hydrogens (primary N) is 1. The van der Waals surface area contributed by atoms with Crippen LogP contribution in [0.5, 0.6) is 0 Å². The molecule has 7 heteroatoms. The monoisotopic (exact) mass is 256 g/mol. The van der Waals surface area contributed by atoms with E-state index in [1.165, 1.54) is 20.8 Å². The highest BCUT2D eigenvalue weighted by molar-refractivity contribution is 7.80. The van der Waals surface area contributed by atoms with Crippen molar-refractivity contribution in [2.24, 2.45) is 11.1 Å². The van der Waals surface area contributed by atoms with Gasteiger partial charge in [-0.15, -0.1) is 0 Å². The molecule has 94 valence electrons. The molecule has 1 amide bonds. The van der Waals surface area contributed by atoms with Crippen molar-refractivity contribution >= 4 is 23.1 Å². The summed E-state index contributed by atoms with van der Waals surface area (Å²) >= 11 is 4.67. The van der Waals surface area contributed by atoms with Crippen LogP contribution in [0, 0.1) is 5.41 Å². The molecule has 0 aromatic rings. The third-order valence-electron chi connectivity index (χ3n) is 2.19. The molecule has 0 unspecified atom stereocenters. The summed E-state index contributed by atoms with van der Waals surface area (Å²) in [6.07, 6.45) is -4.42. The van der Waals surface area contributed by atoms with Gasteiger partial charge in [0.15, 0.2) is 0 Å². The number of nitrogens with zero attached hydrogens (tertiary/aromatic N) is 1. The van der Waals surface area contributed by atoms with Crippen LogP contribution in [0.3, 0.4) is 0 Å². The molecular formula is C9H15F3N2OS. The van der Waals surface area contributed by atoms with E-state index in [0.29, 0.717) is 4.90 Å². The molecular weight excluding hydrogens is 241 g/mol. The minimum atomic E-state index is -4.42. The lowest BCUT2D eigenvalue weighted by Crippen LogP contribution is -2.49. The molecule has 0 atom stereocenters. The van der Waals surface area contributed by atoms with E-state index < -0.39 is 24.0 Å². The topological polar surface area (TPSA) is 46.3 Å². The Morgan fingerprint density at radius 1 is 1.38 bits per heavy atom. The summed E-state index contributed by atoms with van der Waals surface area (Å²) in [5, 5.41) is 0. The van der Waals surface area contributed by atoms with Crippen molar-refractivity contribution in [3.63, 3.8) is 0 Å². The van der Waals surface area contributed by atoms with E-state index >= 15 is 0 Å². The lowest BCUT2D eigenvalue weighted by molar-refractivity contribution is -0.164. The maximum Gasteiger partial charge on any atom is 0.406 e. The van der Waals surface area contributed by atoms with Crippen molar-refractivity contribution in [1.82, 2.24) is 4.90 Å². The fraction of sp³-hybridized carbons (Fsp3) is 0.778. The number of rotatable bonds is 4. The predicted octanol–water partition coefficient (Wildman–Crippen LogP) is 1.71. The molecule has 0 spiro atoms. The summed E-state index contributed by atoms with van der Waals surface area (Å²) in [6.45, 7) is 2.98. The van der Waals surface area contributed by atoms with Crippen molar-refractivity contribution in [3.8, 4) is 0 Å². The van der Waals surface area contributed by atoms with E-state index in [4.69, 9.17) is 5.73 Å². The number of amides is 1. The van der Waals surface area contributed by atoms with Crippen LogP contribution in [0.15, 0.2) is 0 Å². The average Bonchev–Trinajstić information content (AvgIpc) is 2.11. The SMILES string of the molecule is CCN(CC(F)(F)F)C(=O)C(C)(C)C(N)=S. The summed E-state index contributed by atoms with van der Waals surface area (Å²) in [5.74, 6) is -0.708. The van der Waals surface area contributed by atoms with Crippen molar-refractivity contribution in [1.29, 1.82) is 0 Å². The largest absolute Gasteiger partial charge is 0.406 e. The van der Waals surface area contributed by atoms with Crippen LogP contribution in [0.1, 0.15) is 20.8 Å². The Hall–Kier alpha value is -0.850. The van der Waals surface area contributed by atoms with Gasteiger partial charge in [0.25, 0.3) is 0 Å². The lowest BCUT2D eigenvalue weighted by Gasteiger charge is -2.30. The van der Waals surface area contributed by atoms with Gasteiger partial charge in [-0.3, -0.25) is 4.79 Å². The molecule has 0 rings (SSSR count). The molecule has 0 saturated heterocycles. The molecule has 0 aliphatic carbocycles. The standard InChI is InChI=1S/C9H15F3N2OS/c1-4-14(5-9(10,11)12)7(15)8(2,3)6(13)16/h4-5H2,1-3H3,(H2,13,16). The number of carbonyl (C=O) groups is 1. The van der Waals surface area contributed by atoms with Gasteiger partial charge in [0, 0.05) is 6.54 Å². The minimum Gasteiger partial charge on any atom is -0.392 e. The zero-order valence-electron chi connectivity index (χ0n) is 9.39. The van der Waals surface area contributed by atoms with E-state index in [-0.39, 0.29) is 11.5 Å². The highest BCUT2D eigenvalue weighted by atomic mass is 32.1. The van der Waals surface area contributed by atoms with Gasteiger partial charge in [-0.05, 0) is 20.8 Å². The first kappa shape index (κ1) is 15.2. The molecule has 0 aromatic heterocycles. The predicted molar refractivity (Wildman–Crippen MR) is 58.9 cm³/mol. The van der Waals surface area contributed by atoms with Gasteiger partial charge in [0.1, 0.15) is 6.54 Å². The van der Waals surface area contributed by atoms with Crippen LogP contribution in [0.25, 0.3) is 0 Å². The summed E-state index contributed by atoms with van der Waals surface area (Å²) in [6, 6.07) is 0. The van der Waals surface area contributed by atoms with Gasteiger partial charge in [0.2, 0.25) is 5.91 Å². The van der Waals surface area contributed by atoms with Crippen molar-refractivity contribution < 1.29 is 18.0 Å². The highest BCUT2D eigenvalue weighted by Gasteiger charge is 2.39. The lowest BCUT2D eigenvalue weighted by atomic mass is 9.91. The van der Waals surface area contributed by atoms with Crippen LogP contribution in [0.4, 0.5) is 13.2 Å². The number of thiocarbonyl (C=S) groups is 1. The van der Waals surface area contributed by atoms with Crippen molar-refractivity contribution in [3.05, 3.63) is 0 Å². The number of alkyl halides is 3. The van der Waals surface area contributed by atoms with Crippen LogP contribution >= 0.6 is 12.2 Å². The number of hydrogen-bond donors (Lipinski definition) is 1. The van der Waals surface area contributed by atoms with Gasteiger partial charge < -0.3 is 10.6 Å². The third-order valence-corrected chi connectivity index (χ3v) is 2.70. The molecule has 0 fully saturated rings. The smallest absolute Gasteiger partial charge is 0.392 e. The third kappa shape index (κ3) is 3.96.